The Morgan fingerprint density at radius 3 is 2.86 bits per heavy atom. The van der Waals surface area contributed by atoms with Crippen LogP contribution in [0, 0.1) is 0 Å². The molecule has 1 aromatic carbocycles. The zero-order chi connectivity index (χ0) is 15.4. The van der Waals surface area contributed by atoms with Crippen LogP contribution < -0.4 is 11.3 Å². The van der Waals surface area contributed by atoms with E-state index in [1.807, 2.05) is 13.0 Å². The molecule has 1 heterocycles. The summed E-state index contributed by atoms with van der Waals surface area (Å²) in [6.45, 7) is 2.07. The van der Waals surface area contributed by atoms with E-state index in [0.717, 1.165) is 0 Å². The summed E-state index contributed by atoms with van der Waals surface area (Å²) in [4.78, 5) is 27.6. The largest absolute Gasteiger partial charge is 0.448 e. The van der Waals surface area contributed by atoms with Crippen molar-refractivity contribution in [3.63, 3.8) is 0 Å². The molecule has 0 radical (unpaired) electrons. The van der Waals surface area contributed by atoms with Crippen molar-refractivity contribution in [1.29, 1.82) is 0 Å². The Labute approximate surface area is 126 Å². The maximum atomic E-state index is 12.5. The van der Waals surface area contributed by atoms with E-state index in [1.165, 1.54) is 4.57 Å². The number of carbonyl (C=O) groups is 1. The van der Waals surface area contributed by atoms with E-state index in [-0.39, 0.29) is 18.7 Å². The Kier molecular flexibility index (Phi) is 4.80. The topological polar surface area (TPSA) is 87.2 Å². The van der Waals surface area contributed by atoms with Crippen LogP contribution in [0.4, 0.5) is 4.79 Å². The fraction of sp³-hybridized carbons (Fsp3) is 0.357. The van der Waals surface area contributed by atoms with Gasteiger partial charge in [-0.1, -0.05) is 19.1 Å². The van der Waals surface area contributed by atoms with Gasteiger partial charge in [0.25, 0.3) is 5.56 Å². The summed E-state index contributed by atoms with van der Waals surface area (Å²) in [5, 5.41) is 0.108. The number of hydrogen-bond donors (Lipinski definition) is 1. The fourth-order valence-corrected chi connectivity index (χ4v) is 2.23. The number of hydrogen-bond acceptors (Lipinski definition) is 4. The van der Waals surface area contributed by atoms with Gasteiger partial charge in [-0.05, 0) is 18.6 Å². The van der Waals surface area contributed by atoms with Crippen LogP contribution in [0.15, 0.2) is 29.1 Å². The van der Waals surface area contributed by atoms with Gasteiger partial charge in [0.05, 0.1) is 22.8 Å². The van der Waals surface area contributed by atoms with Gasteiger partial charge in [-0.15, -0.1) is 11.6 Å². The van der Waals surface area contributed by atoms with Crippen molar-refractivity contribution in [2.75, 3.05) is 6.61 Å². The number of benzene rings is 1. The van der Waals surface area contributed by atoms with Gasteiger partial charge in [-0.2, -0.15) is 0 Å². The number of nitrogens with two attached hydrogens (primary N) is 1. The molecule has 1 unspecified atom stereocenters. The molecule has 7 heteroatoms. The lowest BCUT2D eigenvalue weighted by molar-refractivity contribution is 0.151. The molecule has 0 fully saturated rings. The SMILES string of the molecule is CCC(Cl)c1nc2ccccc2c(=O)n1CCOC(N)=O. The van der Waals surface area contributed by atoms with E-state index in [4.69, 9.17) is 17.3 Å². The van der Waals surface area contributed by atoms with Crippen LogP contribution in [0.5, 0.6) is 0 Å². The standard InChI is InChI=1S/C14H16ClN3O3/c1-2-10(15)12-17-11-6-4-3-5-9(11)13(19)18(12)7-8-21-14(16)20/h3-6,10H,2,7-8H2,1H3,(H2,16,20). The van der Waals surface area contributed by atoms with Crippen molar-refractivity contribution in [3.8, 4) is 0 Å². The number of para-hydroxylation sites is 1. The molecule has 0 aliphatic carbocycles. The van der Waals surface area contributed by atoms with Crippen LogP contribution in [0.25, 0.3) is 10.9 Å². The number of primary amides is 1. The van der Waals surface area contributed by atoms with Gasteiger partial charge in [-0.25, -0.2) is 9.78 Å². The molecule has 1 amide bonds. The van der Waals surface area contributed by atoms with Crippen molar-refractivity contribution >= 4 is 28.6 Å². The molecule has 0 bridgehead atoms. The monoisotopic (exact) mass is 309 g/mol. The van der Waals surface area contributed by atoms with Crippen LogP contribution in [0.2, 0.25) is 0 Å². The van der Waals surface area contributed by atoms with Gasteiger partial charge in [0, 0.05) is 0 Å². The Hall–Kier alpha value is -2.08. The smallest absolute Gasteiger partial charge is 0.404 e. The molecular formula is C14H16ClN3O3. The first-order valence-electron chi connectivity index (χ1n) is 6.60. The van der Waals surface area contributed by atoms with Gasteiger partial charge in [0.1, 0.15) is 12.4 Å². The third-order valence-electron chi connectivity index (χ3n) is 3.09. The molecule has 1 aromatic heterocycles. The minimum Gasteiger partial charge on any atom is -0.448 e. The van der Waals surface area contributed by atoms with Crippen molar-refractivity contribution in [2.24, 2.45) is 5.73 Å². The van der Waals surface area contributed by atoms with E-state index in [0.29, 0.717) is 23.1 Å². The molecular weight excluding hydrogens is 294 g/mol. The molecule has 0 aliphatic heterocycles. The van der Waals surface area contributed by atoms with E-state index < -0.39 is 11.5 Å². The Balaban J connectivity index is 2.50. The van der Waals surface area contributed by atoms with Gasteiger partial charge >= 0.3 is 6.09 Å². The Morgan fingerprint density at radius 2 is 2.19 bits per heavy atom. The number of halogens is 1. The molecule has 0 saturated carbocycles. The van der Waals surface area contributed by atoms with E-state index in [9.17, 15) is 9.59 Å². The first-order chi connectivity index (χ1) is 10.0. The molecule has 2 rings (SSSR count). The molecule has 0 aliphatic rings. The average molecular weight is 310 g/mol. The lowest BCUT2D eigenvalue weighted by Crippen LogP contribution is -2.29. The predicted octanol–water partition coefficient (Wildman–Crippen LogP) is 2.18. The molecule has 2 N–H and O–H groups in total. The first kappa shape index (κ1) is 15.3. The molecule has 0 saturated heterocycles. The number of amides is 1. The maximum Gasteiger partial charge on any atom is 0.404 e. The summed E-state index contributed by atoms with van der Waals surface area (Å²) in [7, 11) is 0. The van der Waals surface area contributed by atoms with E-state index in [2.05, 4.69) is 9.72 Å². The Bertz CT molecular complexity index is 714. The first-order valence-corrected chi connectivity index (χ1v) is 7.04. The van der Waals surface area contributed by atoms with Crippen molar-refractivity contribution in [2.45, 2.75) is 25.3 Å². The van der Waals surface area contributed by atoms with Crippen molar-refractivity contribution in [1.82, 2.24) is 9.55 Å². The van der Waals surface area contributed by atoms with Crippen LogP contribution >= 0.6 is 11.6 Å². The predicted molar refractivity (Wildman–Crippen MR) is 80.4 cm³/mol. The number of nitrogens with zero attached hydrogens (tertiary/aromatic N) is 2. The highest BCUT2D eigenvalue weighted by atomic mass is 35.5. The third-order valence-corrected chi connectivity index (χ3v) is 3.59. The number of fused-ring (bicyclic) bond motifs is 1. The summed E-state index contributed by atoms with van der Waals surface area (Å²) in [6.07, 6.45) is -0.250. The quantitative estimate of drug-likeness (QED) is 0.858. The zero-order valence-corrected chi connectivity index (χ0v) is 12.3. The van der Waals surface area contributed by atoms with Crippen LogP contribution in [-0.4, -0.2) is 22.3 Å². The highest BCUT2D eigenvalue weighted by molar-refractivity contribution is 6.20. The normalized spacial score (nSPS) is 12.3. The van der Waals surface area contributed by atoms with Gasteiger partial charge in [-0.3, -0.25) is 9.36 Å². The summed E-state index contributed by atoms with van der Waals surface area (Å²) >= 11 is 6.25. The summed E-state index contributed by atoms with van der Waals surface area (Å²) in [6, 6.07) is 7.06. The minimum atomic E-state index is -0.878. The number of rotatable bonds is 5. The molecule has 21 heavy (non-hydrogen) atoms. The Morgan fingerprint density at radius 1 is 1.48 bits per heavy atom. The highest BCUT2D eigenvalue weighted by Gasteiger charge is 2.16. The second kappa shape index (κ2) is 6.58. The minimum absolute atomic E-state index is 0.00438. The van der Waals surface area contributed by atoms with E-state index >= 15 is 0 Å². The highest BCUT2D eigenvalue weighted by Crippen LogP contribution is 2.22. The van der Waals surface area contributed by atoms with E-state index in [1.54, 1.807) is 18.2 Å². The van der Waals surface area contributed by atoms with Gasteiger partial charge in [0.2, 0.25) is 0 Å². The van der Waals surface area contributed by atoms with Crippen LogP contribution in [-0.2, 0) is 11.3 Å². The zero-order valence-electron chi connectivity index (χ0n) is 11.6. The van der Waals surface area contributed by atoms with Crippen LogP contribution in [0.1, 0.15) is 24.5 Å². The second-order valence-corrected chi connectivity index (χ2v) is 5.01. The molecule has 112 valence electrons. The second-order valence-electron chi connectivity index (χ2n) is 4.49. The number of alkyl halides is 1. The molecule has 6 nitrogen and oxygen atoms in total. The number of ether oxygens (including phenoxy) is 1. The lowest BCUT2D eigenvalue weighted by atomic mass is 10.2. The fourth-order valence-electron chi connectivity index (χ4n) is 2.06. The van der Waals surface area contributed by atoms with Crippen molar-refractivity contribution in [3.05, 3.63) is 40.4 Å². The van der Waals surface area contributed by atoms with Crippen molar-refractivity contribution < 1.29 is 9.53 Å². The van der Waals surface area contributed by atoms with Crippen LogP contribution in [0.3, 0.4) is 0 Å². The average Bonchev–Trinajstić information content (AvgIpc) is 2.48. The molecule has 1 atom stereocenters. The number of aromatic nitrogens is 2. The summed E-state index contributed by atoms with van der Waals surface area (Å²) in [5.74, 6) is 0.468. The summed E-state index contributed by atoms with van der Waals surface area (Å²) in [5.41, 5.74) is 5.31. The maximum absolute atomic E-state index is 12.5. The third kappa shape index (κ3) is 3.33. The summed E-state index contributed by atoms with van der Waals surface area (Å²) < 4.78 is 6.13. The lowest BCUT2D eigenvalue weighted by Gasteiger charge is -2.16. The molecule has 2 aromatic rings. The number of carbonyl (C=O) groups excluding carboxylic acids is 1. The van der Waals surface area contributed by atoms with Gasteiger partial charge in [0.15, 0.2) is 0 Å². The molecule has 0 spiro atoms. The van der Waals surface area contributed by atoms with Gasteiger partial charge < -0.3 is 10.5 Å².